The number of aromatic nitrogens is 1. The third-order valence-corrected chi connectivity index (χ3v) is 4.04. The molecule has 0 aliphatic carbocycles. The number of hydrogen-bond acceptors (Lipinski definition) is 6. The topological polar surface area (TPSA) is 81.1 Å². The molecule has 1 saturated heterocycles. The highest BCUT2D eigenvalue weighted by atomic mass is 16.5. The number of carboxylic acids is 1. The first-order valence-electron chi connectivity index (χ1n) is 7.81. The van der Waals surface area contributed by atoms with E-state index in [0.717, 1.165) is 32.8 Å². The van der Waals surface area contributed by atoms with E-state index in [1.807, 2.05) is 0 Å². The third kappa shape index (κ3) is 3.58. The second-order valence-electron chi connectivity index (χ2n) is 5.52. The monoisotopic (exact) mass is 332 g/mol. The van der Waals surface area contributed by atoms with Crippen molar-refractivity contribution >= 4 is 16.7 Å². The summed E-state index contributed by atoms with van der Waals surface area (Å²) in [7, 11) is 1.56. The van der Waals surface area contributed by atoms with E-state index in [1.165, 1.54) is 6.20 Å². The minimum atomic E-state index is -1.02. The number of hydrogen-bond donors (Lipinski definition) is 1. The summed E-state index contributed by atoms with van der Waals surface area (Å²) >= 11 is 0. The van der Waals surface area contributed by atoms with Gasteiger partial charge >= 0.3 is 5.97 Å². The lowest BCUT2D eigenvalue weighted by atomic mass is 10.1. The molecule has 1 aromatic heterocycles. The molecule has 1 aliphatic rings. The summed E-state index contributed by atoms with van der Waals surface area (Å²) in [6.45, 7) is 4.56. The Morgan fingerprint density at radius 1 is 1.29 bits per heavy atom. The average Bonchev–Trinajstić information content (AvgIpc) is 2.61. The van der Waals surface area contributed by atoms with Gasteiger partial charge in [-0.25, -0.2) is 4.79 Å². The van der Waals surface area contributed by atoms with Crippen molar-refractivity contribution < 1.29 is 24.1 Å². The molecule has 1 N–H and O–H groups in total. The Hall–Kier alpha value is -2.38. The van der Waals surface area contributed by atoms with Crippen LogP contribution in [0.25, 0.3) is 10.8 Å². The first-order valence-corrected chi connectivity index (χ1v) is 7.81. The molecule has 1 aliphatic heterocycles. The first-order chi connectivity index (χ1) is 11.7. The molecule has 3 rings (SSSR count). The SMILES string of the molecule is COc1cc2cncc(C(=O)O)c2cc1OCCN1CCOCC1. The van der Waals surface area contributed by atoms with Crippen molar-refractivity contribution in [2.24, 2.45) is 0 Å². The van der Waals surface area contributed by atoms with Gasteiger partial charge in [0.25, 0.3) is 0 Å². The minimum Gasteiger partial charge on any atom is -0.493 e. The summed E-state index contributed by atoms with van der Waals surface area (Å²) in [5.74, 6) is 0.0818. The number of pyridine rings is 1. The molecule has 24 heavy (non-hydrogen) atoms. The molecular formula is C17H20N2O5. The van der Waals surface area contributed by atoms with Gasteiger partial charge in [0.1, 0.15) is 6.61 Å². The van der Waals surface area contributed by atoms with Crippen molar-refractivity contribution in [1.82, 2.24) is 9.88 Å². The zero-order valence-electron chi connectivity index (χ0n) is 13.5. The number of carbonyl (C=O) groups is 1. The van der Waals surface area contributed by atoms with Gasteiger partial charge in [0.05, 0.1) is 25.9 Å². The highest BCUT2D eigenvalue weighted by Gasteiger charge is 2.15. The molecule has 0 amide bonds. The van der Waals surface area contributed by atoms with Gasteiger partial charge < -0.3 is 19.3 Å². The quantitative estimate of drug-likeness (QED) is 0.861. The molecule has 0 bridgehead atoms. The maximum atomic E-state index is 11.4. The largest absolute Gasteiger partial charge is 0.493 e. The van der Waals surface area contributed by atoms with Gasteiger partial charge in [-0.1, -0.05) is 0 Å². The van der Waals surface area contributed by atoms with Crippen molar-refractivity contribution in [2.45, 2.75) is 0 Å². The van der Waals surface area contributed by atoms with E-state index in [9.17, 15) is 9.90 Å². The van der Waals surface area contributed by atoms with E-state index < -0.39 is 5.97 Å². The summed E-state index contributed by atoms with van der Waals surface area (Å²) in [6, 6.07) is 3.46. The molecule has 1 fully saturated rings. The lowest BCUT2D eigenvalue weighted by molar-refractivity contribution is 0.0321. The van der Waals surface area contributed by atoms with Gasteiger partial charge in [0.2, 0.25) is 0 Å². The van der Waals surface area contributed by atoms with Crippen LogP contribution in [0.5, 0.6) is 11.5 Å². The van der Waals surface area contributed by atoms with Crippen molar-refractivity contribution in [2.75, 3.05) is 46.6 Å². The fraction of sp³-hybridized carbons (Fsp3) is 0.412. The highest BCUT2D eigenvalue weighted by molar-refractivity contribution is 6.04. The van der Waals surface area contributed by atoms with E-state index in [1.54, 1.807) is 25.4 Å². The van der Waals surface area contributed by atoms with Gasteiger partial charge in [0, 0.05) is 42.8 Å². The molecule has 128 valence electrons. The van der Waals surface area contributed by atoms with E-state index in [-0.39, 0.29) is 5.56 Å². The number of nitrogens with zero attached hydrogens (tertiary/aromatic N) is 2. The number of fused-ring (bicyclic) bond motifs is 1. The number of rotatable bonds is 6. The Kier molecular flexibility index (Phi) is 5.12. The van der Waals surface area contributed by atoms with Crippen LogP contribution < -0.4 is 9.47 Å². The van der Waals surface area contributed by atoms with Crippen LogP contribution in [0.4, 0.5) is 0 Å². The van der Waals surface area contributed by atoms with E-state index >= 15 is 0 Å². The minimum absolute atomic E-state index is 0.146. The molecule has 2 heterocycles. The molecular weight excluding hydrogens is 312 g/mol. The number of benzene rings is 1. The van der Waals surface area contributed by atoms with Crippen molar-refractivity contribution in [3.63, 3.8) is 0 Å². The summed E-state index contributed by atoms with van der Waals surface area (Å²) in [5, 5.41) is 10.6. The second-order valence-corrected chi connectivity index (χ2v) is 5.52. The number of aromatic carboxylic acids is 1. The lowest BCUT2D eigenvalue weighted by Crippen LogP contribution is -2.38. The Morgan fingerprint density at radius 2 is 2.08 bits per heavy atom. The van der Waals surface area contributed by atoms with Crippen LogP contribution in [0, 0.1) is 0 Å². The molecule has 2 aromatic rings. The van der Waals surface area contributed by atoms with E-state index in [2.05, 4.69) is 9.88 Å². The molecule has 0 saturated carbocycles. The third-order valence-electron chi connectivity index (χ3n) is 4.04. The number of morpholine rings is 1. The predicted octanol–water partition coefficient (Wildman–Crippen LogP) is 1.65. The van der Waals surface area contributed by atoms with Crippen molar-refractivity contribution in [1.29, 1.82) is 0 Å². The van der Waals surface area contributed by atoms with Gasteiger partial charge in [0.15, 0.2) is 11.5 Å². The van der Waals surface area contributed by atoms with Crippen molar-refractivity contribution in [3.05, 3.63) is 30.1 Å². The molecule has 0 radical (unpaired) electrons. The fourth-order valence-corrected chi connectivity index (χ4v) is 2.73. The Balaban J connectivity index is 1.80. The average molecular weight is 332 g/mol. The molecule has 7 heteroatoms. The molecule has 0 spiro atoms. The van der Waals surface area contributed by atoms with Crippen LogP contribution in [0.15, 0.2) is 24.5 Å². The summed E-state index contributed by atoms with van der Waals surface area (Å²) in [5.41, 5.74) is 0.146. The van der Waals surface area contributed by atoms with Crippen LogP contribution >= 0.6 is 0 Å². The van der Waals surface area contributed by atoms with Gasteiger partial charge in [-0.2, -0.15) is 0 Å². The Morgan fingerprint density at radius 3 is 2.79 bits per heavy atom. The maximum Gasteiger partial charge on any atom is 0.337 e. The Labute approximate surface area is 139 Å². The fourth-order valence-electron chi connectivity index (χ4n) is 2.73. The smallest absolute Gasteiger partial charge is 0.337 e. The summed E-state index contributed by atoms with van der Waals surface area (Å²) in [4.78, 5) is 17.6. The first kappa shape index (κ1) is 16.5. The lowest BCUT2D eigenvalue weighted by Gasteiger charge is -2.26. The zero-order valence-corrected chi connectivity index (χ0v) is 13.5. The number of methoxy groups -OCH3 is 1. The van der Waals surface area contributed by atoms with Gasteiger partial charge in [-0.05, 0) is 12.1 Å². The van der Waals surface area contributed by atoms with Gasteiger partial charge in [-0.15, -0.1) is 0 Å². The zero-order chi connectivity index (χ0) is 16.9. The van der Waals surface area contributed by atoms with Gasteiger partial charge in [-0.3, -0.25) is 9.88 Å². The predicted molar refractivity (Wildman–Crippen MR) is 88.0 cm³/mol. The van der Waals surface area contributed by atoms with Crippen LogP contribution in [-0.4, -0.2) is 67.5 Å². The maximum absolute atomic E-state index is 11.4. The van der Waals surface area contributed by atoms with Crippen LogP contribution in [0.2, 0.25) is 0 Å². The Bertz CT molecular complexity index is 728. The van der Waals surface area contributed by atoms with Crippen LogP contribution in [0.1, 0.15) is 10.4 Å². The molecule has 0 unspecified atom stereocenters. The number of carboxylic acid groups (broad SMARTS) is 1. The highest BCUT2D eigenvalue weighted by Crippen LogP contribution is 2.33. The van der Waals surface area contributed by atoms with E-state index in [0.29, 0.717) is 28.9 Å². The summed E-state index contributed by atoms with van der Waals surface area (Å²) in [6.07, 6.45) is 2.95. The second kappa shape index (κ2) is 7.46. The standard InChI is InChI=1S/C17H20N2O5/c1-22-15-8-12-10-18-11-14(17(20)21)13(12)9-16(15)24-7-4-19-2-5-23-6-3-19/h8-11H,2-7H2,1H3,(H,20,21). The van der Waals surface area contributed by atoms with Crippen LogP contribution in [-0.2, 0) is 4.74 Å². The van der Waals surface area contributed by atoms with Crippen molar-refractivity contribution in [3.8, 4) is 11.5 Å². The van der Waals surface area contributed by atoms with Crippen LogP contribution in [0.3, 0.4) is 0 Å². The molecule has 0 atom stereocenters. The number of ether oxygens (including phenoxy) is 3. The van der Waals surface area contributed by atoms with E-state index in [4.69, 9.17) is 14.2 Å². The molecule has 1 aromatic carbocycles. The molecule has 7 nitrogen and oxygen atoms in total. The normalized spacial score (nSPS) is 15.4. The summed E-state index contributed by atoms with van der Waals surface area (Å²) < 4.78 is 16.5.